The number of benzene rings is 1. The first kappa shape index (κ1) is 14.3. The van der Waals surface area contributed by atoms with Crippen molar-refractivity contribution in [1.82, 2.24) is 5.32 Å². The molecule has 0 aliphatic rings. The Balaban J connectivity index is 1.75. The maximum absolute atomic E-state index is 5.31. The minimum atomic E-state index is 0.811. The molecule has 2 rings (SSSR count). The van der Waals surface area contributed by atoms with Crippen LogP contribution in [0.5, 0.6) is 0 Å². The Morgan fingerprint density at radius 1 is 1.16 bits per heavy atom. The van der Waals surface area contributed by atoms with Crippen molar-refractivity contribution in [2.45, 2.75) is 19.9 Å². The molecule has 1 aromatic carbocycles. The van der Waals surface area contributed by atoms with Gasteiger partial charge in [-0.3, -0.25) is 0 Å². The fraction of sp³-hybridized carbons (Fsp3) is 0.375. The molecule has 1 N–H and O–H groups in total. The van der Waals surface area contributed by atoms with E-state index in [2.05, 4.69) is 47.1 Å². The van der Waals surface area contributed by atoms with E-state index in [1.807, 2.05) is 18.3 Å². The highest BCUT2D eigenvalue weighted by Crippen LogP contribution is 2.25. The minimum Gasteiger partial charge on any atom is -0.382 e. The van der Waals surface area contributed by atoms with Crippen LogP contribution in [0.3, 0.4) is 0 Å². The molecule has 2 nitrogen and oxygen atoms in total. The van der Waals surface area contributed by atoms with Crippen molar-refractivity contribution in [2.24, 2.45) is 0 Å². The van der Waals surface area contributed by atoms with Crippen LogP contribution in [0.2, 0.25) is 0 Å². The third kappa shape index (κ3) is 4.78. The average Bonchev–Trinajstić information content (AvgIpc) is 2.92. The lowest BCUT2D eigenvalue weighted by Gasteiger charge is -2.03. The van der Waals surface area contributed by atoms with Crippen molar-refractivity contribution in [1.29, 1.82) is 0 Å². The first-order valence-corrected chi connectivity index (χ1v) is 7.69. The molecule has 0 radical (unpaired) electrons. The Labute approximate surface area is 119 Å². The summed E-state index contributed by atoms with van der Waals surface area (Å²) in [5.74, 6) is 0. The van der Waals surface area contributed by atoms with E-state index in [-0.39, 0.29) is 0 Å². The number of nitrogens with one attached hydrogen (secondary N) is 1. The van der Waals surface area contributed by atoms with E-state index in [0.717, 1.165) is 32.7 Å². The average molecular weight is 275 g/mol. The fourth-order valence-electron chi connectivity index (χ4n) is 1.91. The maximum atomic E-state index is 5.31. The van der Waals surface area contributed by atoms with E-state index in [1.54, 1.807) is 0 Å². The zero-order valence-corrected chi connectivity index (χ0v) is 12.2. The van der Waals surface area contributed by atoms with Crippen LogP contribution < -0.4 is 5.32 Å². The van der Waals surface area contributed by atoms with Crippen molar-refractivity contribution in [3.63, 3.8) is 0 Å². The van der Waals surface area contributed by atoms with Crippen LogP contribution in [-0.4, -0.2) is 19.8 Å². The Morgan fingerprint density at radius 2 is 2.00 bits per heavy atom. The Morgan fingerprint density at radius 3 is 2.79 bits per heavy atom. The summed E-state index contributed by atoms with van der Waals surface area (Å²) >= 11 is 1.82. The van der Waals surface area contributed by atoms with Crippen LogP contribution >= 0.6 is 11.3 Å². The molecule has 0 aliphatic carbocycles. The van der Waals surface area contributed by atoms with E-state index in [1.165, 1.54) is 16.0 Å². The van der Waals surface area contributed by atoms with Crippen molar-refractivity contribution in [3.8, 4) is 11.1 Å². The van der Waals surface area contributed by atoms with Crippen LogP contribution in [-0.2, 0) is 11.3 Å². The highest BCUT2D eigenvalue weighted by atomic mass is 32.1. The highest BCUT2D eigenvalue weighted by Gasteiger charge is 2.01. The summed E-state index contributed by atoms with van der Waals surface area (Å²) in [5.41, 5.74) is 2.61. The molecule has 0 atom stereocenters. The van der Waals surface area contributed by atoms with Gasteiger partial charge in [-0.15, -0.1) is 11.3 Å². The van der Waals surface area contributed by atoms with E-state index in [9.17, 15) is 0 Å². The molecule has 0 spiro atoms. The predicted molar refractivity (Wildman–Crippen MR) is 82.6 cm³/mol. The Hall–Kier alpha value is -1.16. The van der Waals surface area contributed by atoms with Gasteiger partial charge in [0.1, 0.15) is 0 Å². The molecule has 0 unspecified atom stereocenters. The Bertz CT molecular complexity index is 467. The lowest BCUT2D eigenvalue weighted by atomic mass is 10.1. The minimum absolute atomic E-state index is 0.811. The summed E-state index contributed by atoms with van der Waals surface area (Å²) in [6.07, 6.45) is 1.07. The number of ether oxygens (including phenoxy) is 1. The normalized spacial score (nSPS) is 10.8. The van der Waals surface area contributed by atoms with E-state index in [4.69, 9.17) is 4.74 Å². The van der Waals surface area contributed by atoms with Gasteiger partial charge in [-0.25, -0.2) is 0 Å². The Kier molecular flexibility index (Phi) is 6.08. The van der Waals surface area contributed by atoms with Crippen LogP contribution in [0.25, 0.3) is 11.1 Å². The monoisotopic (exact) mass is 275 g/mol. The first-order chi connectivity index (χ1) is 9.40. The molecule has 3 heteroatoms. The number of hydrogen-bond donors (Lipinski definition) is 1. The third-order valence-electron chi connectivity index (χ3n) is 2.91. The summed E-state index contributed by atoms with van der Waals surface area (Å²) in [4.78, 5) is 1.38. The van der Waals surface area contributed by atoms with E-state index in [0.29, 0.717) is 0 Å². The first-order valence-electron chi connectivity index (χ1n) is 6.81. The van der Waals surface area contributed by atoms with Crippen molar-refractivity contribution < 1.29 is 4.74 Å². The third-order valence-corrected chi connectivity index (χ3v) is 3.84. The standard InChI is InChI=1S/C16H21NOS/c1-2-18-10-6-9-17-12-16-11-15(13-19-16)14-7-4-3-5-8-14/h3-5,7-8,11,13,17H,2,6,9-10,12H2,1H3. The second-order valence-corrected chi connectivity index (χ2v) is 5.39. The summed E-state index contributed by atoms with van der Waals surface area (Å²) in [7, 11) is 0. The van der Waals surface area contributed by atoms with Crippen LogP contribution in [0, 0.1) is 0 Å². The lowest BCUT2D eigenvalue weighted by Crippen LogP contribution is -2.15. The van der Waals surface area contributed by atoms with Gasteiger partial charge in [-0.2, -0.15) is 0 Å². The lowest BCUT2D eigenvalue weighted by molar-refractivity contribution is 0.144. The SMILES string of the molecule is CCOCCCNCc1cc(-c2ccccc2)cs1. The molecule has 102 valence electrons. The molecule has 0 saturated heterocycles. The summed E-state index contributed by atoms with van der Waals surface area (Å²) in [5, 5.41) is 5.68. The molecular weight excluding hydrogens is 254 g/mol. The van der Waals surface area contributed by atoms with Crippen molar-refractivity contribution in [3.05, 3.63) is 46.7 Å². The molecule has 2 aromatic rings. The van der Waals surface area contributed by atoms with Crippen LogP contribution in [0.1, 0.15) is 18.2 Å². The zero-order chi connectivity index (χ0) is 13.3. The van der Waals surface area contributed by atoms with Gasteiger partial charge in [0.05, 0.1) is 0 Å². The number of thiophene rings is 1. The molecule has 0 fully saturated rings. The summed E-state index contributed by atoms with van der Waals surface area (Å²) < 4.78 is 5.31. The molecular formula is C16H21NOS. The van der Waals surface area contributed by atoms with E-state index >= 15 is 0 Å². The fourth-order valence-corrected chi connectivity index (χ4v) is 2.77. The molecule has 0 saturated carbocycles. The predicted octanol–water partition coefficient (Wildman–Crippen LogP) is 3.93. The number of hydrogen-bond acceptors (Lipinski definition) is 3. The van der Waals surface area contributed by atoms with Crippen molar-refractivity contribution in [2.75, 3.05) is 19.8 Å². The van der Waals surface area contributed by atoms with Crippen molar-refractivity contribution >= 4 is 11.3 Å². The van der Waals surface area contributed by atoms with Crippen LogP contribution in [0.4, 0.5) is 0 Å². The second kappa shape index (κ2) is 8.10. The molecule has 19 heavy (non-hydrogen) atoms. The van der Waals surface area contributed by atoms with Crippen LogP contribution in [0.15, 0.2) is 41.8 Å². The summed E-state index contributed by atoms with van der Waals surface area (Å²) in [6.45, 7) is 5.65. The molecule has 0 aliphatic heterocycles. The smallest absolute Gasteiger partial charge is 0.0477 e. The quantitative estimate of drug-likeness (QED) is 0.737. The molecule has 1 heterocycles. The van der Waals surface area contributed by atoms with Gasteiger partial charge < -0.3 is 10.1 Å². The van der Waals surface area contributed by atoms with Gasteiger partial charge in [-0.05, 0) is 42.5 Å². The van der Waals surface area contributed by atoms with Gasteiger partial charge in [-0.1, -0.05) is 30.3 Å². The molecule has 0 bridgehead atoms. The molecule has 0 amide bonds. The summed E-state index contributed by atoms with van der Waals surface area (Å²) in [6, 6.07) is 12.8. The second-order valence-electron chi connectivity index (χ2n) is 4.39. The molecule has 1 aromatic heterocycles. The van der Waals surface area contributed by atoms with E-state index < -0.39 is 0 Å². The highest BCUT2D eigenvalue weighted by molar-refractivity contribution is 7.10. The topological polar surface area (TPSA) is 21.3 Å². The van der Waals surface area contributed by atoms with Gasteiger partial charge in [0.15, 0.2) is 0 Å². The van der Waals surface area contributed by atoms with Gasteiger partial charge in [0, 0.05) is 24.6 Å². The maximum Gasteiger partial charge on any atom is 0.0477 e. The zero-order valence-electron chi connectivity index (χ0n) is 11.4. The van der Waals surface area contributed by atoms with Gasteiger partial charge in [0.25, 0.3) is 0 Å². The van der Waals surface area contributed by atoms with Gasteiger partial charge in [0.2, 0.25) is 0 Å². The largest absolute Gasteiger partial charge is 0.382 e. The van der Waals surface area contributed by atoms with Gasteiger partial charge >= 0.3 is 0 Å². The number of rotatable bonds is 8.